The monoisotopic (exact) mass is 639 g/mol. The Morgan fingerprint density at radius 2 is 1.47 bits per heavy atom. The van der Waals surface area contributed by atoms with E-state index in [-0.39, 0.29) is 23.8 Å². The SMILES string of the molecule is CN(CC(=O)N(Cc1ccc(Cl)c(Cl)c1)[C@H](Cc1ccccc1)C(=O)NC(C)(C)C)S(=O)(=O)c1ccc2ccccc2c1. The van der Waals surface area contributed by atoms with Crippen molar-refractivity contribution in [2.24, 2.45) is 0 Å². The van der Waals surface area contributed by atoms with Gasteiger partial charge in [0.15, 0.2) is 0 Å². The van der Waals surface area contributed by atoms with Crippen molar-refractivity contribution in [3.05, 3.63) is 112 Å². The van der Waals surface area contributed by atoms with Crippen molar-refractivity contribution in [1.29, 1.82) is 0 Å². The summed E-state index contributed by atoms with van der Waals surface area (Å²) >= 11 is 12.4. The van der Waals surface area contributed by atoms with Crippen LogP contribution in [0.5, 0.6) is 0 Å². The molecule has 0 aromatic heterocycles. The second-order valence-electron chi connectivity index (χ2n) is 11.5. The Morgan fingerprint density at radius 3 is 2.12 bits per heavy atom. The van der Waals surface area contributed by atoms with Crippen LogP contribution < -0.4 is 5.32 Å². The lowest BCUT2D eigenvalue weighted by Gasteiger charge is -2.34. The predicted octanol–water partition coefficient (Wildman–Crippen LogP) is 6.32. The van der Waals surface area contributed by atoms with Crippen LogP contribution in [-0.4, -0.2) is 54.6 Å². The molecule has 0 heterocycles. The van der Waals surface area contributed by atoms with Crippen molar-refractivity contribution in [2.75, 3.05) is 13.6 Å². The number of amides is 2. The van der Waals surface area contributed by atoms with E-state index in [4.69, 9.17) is 23.2 Å². The minimum absolute atomic E-state index is 0.00858. The van der Waals surface area contributed by atoms with Gasteiger partial charge in [-0.15, -0.1) is 0 Å². The van der Waals surface area contributed by atoms with Gasteiger partial charge in [0.25, 0.3) is 0 Å². The molecule has 226 valence electrons. The van der Waals surface area contributed by atoms with Crippen LogP contribution in [0, 0.1) is 0 Å². The van der Waals surface area contributed by atoms with Crippen molar-refractivity contribution in [3.63, 3.8) is 0 Å². The molecule has 0 fully saturated rings. The van der Waals surface area contributed by atoms with E-state index in [0.717, 1.165) is 20.6 Å². The Labute approximate surface area is 263 Å². The maximum atomic E-state index is 14.1. The molecule has 43 heavy (non-hydrogen) atoms. The van der Waals surface area contributed by atoms with Crippen molar-refractivity contribution < 1.29 is 18.0 Å². The number of sulfonamides is 1. The number of rotatable bonds is 10. The Hall–Kier alpha value is -3.43. The first-order valence-electron chi connectivity index (χ1n) is 13.8. The zero-order valence-corrected chi connectivity index (χ0v) is 26.9. The maximum Gasteiger partial charge on any atom is 0.243 e. The highest BCUT2D eigenvalue weighted by molar-refractivity contribution is 7.89. The molecule has 0 spiro atoms. The number of nitrogens with one attached hydrogen (secondary N) is 1. The minimum atomic E-state index is -4.03. The largest absolute Gasteiger partial charge is 0.350 e. The highest BCUT2D eigenvalue weighted by Gasteiger charge is 2.34. The fraction of sp³-hybridized carbons (Fsp3) is 0.273. The van der Waals surface area contributed by atoms with Crippen molar-refractivity contribution in [3.8, 4) is 0 Å². The molecule has 0 bridgehead atoms. The van der Waals surface area contributed by atoms with Crippen LogP contribution in [0.15, 0.2) is 95.9 Å². The Balaban J connectivity index is 1.70. The Kier molecular flexibility index (Phi) is 10.2. The molecule has 0 radical (unpaired) electrons. The maximum absolute atomic E-state index is 14.1. The highest BCUT2D eigenvalue weighted by atomic mass is 35.5. The molecular formula is C33H35Cl2N3O4S. The number of hydrogen-bond donors (Lipinski definition) is 1. The summed E-state index contributed by atoms with van der Waals surface area (Å²) in [5.41, 5.74) is 0.922. The topological polar surface area (TPSA) is 86.8 Å². The van der Waals surface area contributed by atoms with Gasteiger partial charge in [-0.1, -0.05) is 89.9 Å². The van der Waals surface area contributed by atoms with Crippen LogP contribution in [0.2, 0.25) is 10.0 Å². The number of carbonyl (C=O) groups is 2. The van der Waals surface area contributed by atoms with Gasteiger partial charge in [-0.05, 0) is 66.9 Å². The van der Waals surface area contributed by atoms with Gasteiger partial charge in [-0.2, -0.15) is 4.31 Å². The average Bonchev–Trinajstić information content (AvgIpc) is 2.96. The van der Waals surface area contributed by atoms with Gasteiger partial charge in [0.05, 0.1) is 21.5 Å². The third-order valence-electron chi connectivity index (χ3n) is 6.89. The average molecular weight is 641 g/mol. The number of halogens is 2. The molecule has 0 aliphatic rings. The Morgan fingerprint density at radius 1 is 0.814 bits per heavy atom. The summed E-state index contributed by atoms with van der Waals surface area (Å²) in [6.07, 6.45) is 0.219. The first-order valence-corrected chi connectivity index (χ1v) is 16.0. The minimum Gasteiger partial charge on any atom is -0.350 e. The molecule has 1 N–H and O–H groups in total. The number of carbonyl (C=O) groups excluding carboxylic acids is 2. The number of benzene rings is 4. The number of hydrogen-bond acceptors (Lipinski definition) is 4. The highest BCUT2D eigenvalue weighted by Crippen LogP contribution is 2.25. The predicted molar refractivity (Wildman–Crippen MR) is 173 cm³/mol. The molecule has 0 saturated carbocycles. The molecule has 4 rings (SSSR count). The summed E-state index contributed by atoms with van der Waals surface area (Å²) < 4.78 is 28.2. The first-order chi connectivity index (χ1) is 20.2. The molecule has 0 saturated heterocycles. The fourth-order valence-electron chi connectivity index (χ4n) is 4.72. The zero-order chi connectivity index (χ0) is 31.4. The summed E-state index contributed by atoms with van der Waals surface area (Å²) in [5, 5.41) is 5.33. The number of likely N-dealkylation sites (N-methyl/N-ethyl adjacent to an activating group) is 1. The van der Waals surface area contributed by atoms with Crippen LogP contribution in [-0.2, 0) is 32.6 Å². The van der Waals surface area contributed by atoms with Crippen molar-refractivity contribution in [1.82, 2.24) is 14.5 Å². The van der Waals surface area contributed by atoms with Gasteiger partial charge in [0.1, 0.15) is 6.04 Å². The molecule has 1 atom stereocenters. The van der Waals surface area contributed by atoms with Crippen LogP contribution in [0.4, 0.5) is 0 Å². The summed E-state index contributed by atoms with van der Waals surface area (Å²) in [7, 11) is -2.67. The molecule has 4 aromatic rings. The van der Waals surface area contributed by atoms with Crippen LogP contribution >= 0.6 is 23.2 Å². The fourth-order valence-corrected chi connectivity index (χ4v) is 6.19. The lowest BCUT2D eigenvalue weighted by molar-refractivity contribution is -0.141. The lowest BCUT2D eigenvalue weighted by atomic mass is 10.0. The third kappa shape index (κ3) is 8.36. The van der Waals surface area contributed by atoms with Crippen molar-refractivity contribution in [2.45, 2.75) is 50.2 Å². The summed E-state index contributed by atoms with van der Waals surface area (Å²) in [4.78, 5) is 29.3. The molecule has 10 heteroatoms. The summed E-state index contributed by atoms with van der Waals surface area (Å²) in [5.74, 6) is -0.896. The molecule has 0 aliphatic carbocycles. The number of fused-ring (bicyclic) bond motifs is 1. The van der Waals surface area contributed by atoms with Gasteiger partial charge in [-0.3, -0.25) is 9.59 Å². The molecule has 4 aromatic carbocycles. The van der Waals surface area contributed by atoms with E-state index in [2.05, 4.69) is 5.32 Å². The zero-order valence-electron chi connectivity index (χ0n) is 24.6. The quantitative estimate of drug-likeness (QED) is 0.220. The molecule has 7 nitrogen and oxygen atoms in total. The smallest absolute Gasteiger partial charge is 0.243 e. The van der Waals surface area contributed by atoms with E-state index in [1.165, 1.54) is 18.0 Å². The molecular weight excluding hydrogens is 605 g/mol. The summed E-state index contributed by atoms with van der Waals surface area (Å²) in [6, 6.07) is 25.7. The van der Waals surface area contributed by atoms with Gasteiger partial charge in [0, 0.05) is 25.6 Å². The summed E-state index contributed by atoms with van der Waals surface area (Å²) in [6.45, 7) is 5.11. The van der Waals surface area contributed by atoms with E-state index in [9.17, 15) is 18.0 Å². The van der Waals surface area contributed by atoms with E-state index >= 15 is 0 Å². The number of nitrogens with zero attached hydrogens (tertiary/aromatic N) is 2. The van der Waals surface area contributed by atoms with Gasteiger partial charge in [-0.25, -0.2) is 8.42 Å². The molecule has 2 amide bonds. The van der Waals surface area contributed by atoms with Crippen LogP contribution in [0.1, 0.15) is 31.9 Å². The van der Waals surface area contributed by atoms with Crippen LogP contribution in [0.3, 0.4) is 0 Å². The Bertz CT molecular complexity index is 1720. The first kappa shape index (κ1) is 32.5. The lowest BCUT2D eigenvalue weighted by Crippen LogP contribution is -2.56. The van der Waals surface area contributed by atoms with Crippen LogP contribution in [0.25, 0.3) is 10.8 Å². The standard InChI is InChI=1S/C33H35Cl2N3O4S/c1-33(2,3)36-32(40)30(19-23-10-6-5-7-11-23)38(21-24-14-17-28(34)29(35)18-24)31(39)22-37(4)43(41,42)27-16-15-25-12-8-9-13-26(25)20-27/h5-18,20,30H,19,21-22H2,1-4H3,(H,36,40)/t30-/m1/s1. The van der Waals surface area contributed by atoms with Gasteiger partial charge >= 0.3 is 0 Å². The second kappa shape index (κ2) is 13.5. The molecule has 0 aliphatic heterocycles. The van der Waals surface area contributed by atoms with E-state index in [1.807, 2.05) is 75.4 Å². The second-order valence-corrected chi connectivity index (χ2v) is 14.3. The van der Waals surface area contributed by atoms with E-state index < -0.39 is 34.1 Å². The normalized spacial score (nSPS) is 12.7. The van der Waals surface area contributed by atoms with Gasteiger partial charge < -0.3 is 10.2 Å². The molecule has 0 unspecified atom stereocenters. The van der Waals surface area contributed by atoms with Gasteiger partial charge in [0.2, 0.25) is 21.8 Å². The van der Waals surface area contributed by atoms with Crippen molar-refractivity contribution >= 4 is 55.8 Å². The van der Waals surface area contributed by atoms with E-state index in [1.54, 1.807) is 30.3 Å². The van der Waals surface area contributed by atoms with E-state index in [0.29, 0.717) is 15.6 Å². The third-order valence-corrected chi connectivity index (χ3v) is 9.43.